The summed E-state index contributed by atoms with van der Waals surface area (Å²) >= 11 is 0. The van der Waals surface area contributed by atoms with E-state index >= 15 is 0 Å². The normalized spacial score (nSPS) is 37.9. The lowest BCUT2D eigenvalue weighted by Crippen LogP contribution is -2.59. The van der Waals surface area contributed by atoms with E-state index in [1.807, 2.05) is 6.92 Å². The molecule has 0 radical (unpaired) electrons. The van der Waals surface area contributed by atoms with E-state index in [2.05, 4.69) is 11.3 Å². The second kappa shape index (κ2) is 6.41. The highest BCUT2D eigenvalue weighted by Crippen LogP contribution is 2.61. The fourth-order valence-electron chi connectivity index (χ4n) is 4.76. The zero-order valence-corrected chi connectivity index (χ0v) is 13.3. The Bertz CT molecular complexity index is 446. The highest BCUT2D eigenvalue weighted by molar-refractivity contribution is 5.81. The van der Waals surface area contributed by atoms with E-state index in [9.17, 15) is 14.7 Å². The standard InChI is InChI=1S/C11H17NO2.C6H10O2/c12-9(13)10-2-7-1-8(3-10)5-11(14,4-7)6-10;1-3-5-8-6(7)4-2/h7-8,14H,1-6H2,(H2,12,13);4H,2-3,5H2,1H3. The molecule has 0 aromatic carbocycles. The fourth-order valence-corrected chi connectivity index (χ4v) is 4.76. The van der Waals surface area contributed by atoms with Crippen LogP contribution in [-0.4, -0.2) is 29.2 Å². The predicted octanol–water partition coefficient (Wildman–Crippen LogP) is 1.93. The van der Waals surface area contributed by atoms with Gasteiger partial charge in [0.2, 0.25) is 5.91 Å². The first-order chi connectivity index (χ1) is 10.3. The number of esters is 1. The van der Waals surface area contributed by atoms with Crippen molar-refractivity contribution >= 4 is 11.9 Å². The monoisotopic (exact) mass is 309 g/mol. The molecule has 4 saturated carbocycles. The van der Waals surface area contributed by atoms with Crippen LogP contribution in [0.5, 0.6) is 0 Å². The van der Waals surface area contributed by atoms with Crippen molar-refractivity contribution in [2.45, 2.75) is 57.5 Å². The quantitative estimate of drug-likeness (QED) is 0.613. The Kier molecular flexibility index (Phi) is 4.95. The Labute approximate surface area is 131 Å². The number of carbonyl (C=O) groups is 2. The van der Waals surface area contributed by atoms with Crippen molar-refractivity contribution in [1.29, 1.82) is 0 Å². The van der Waals surface area contributed by atoms with E-state index in [1.54, 1.807) is 0 Å². The average molecular weight is 309 g/mol. The third-order valence-corrected chi connectivity index (χ3v) is 5.17. The van der Waals surface area contributed by atoms with Gasteiger partial charge in [0.25, 0.3) is 0 Å². The SMILES string of the molecule is C=CC(=O)OCCC.NC(=O)C12CC3CC(CC(O)(C3)C1)C2. The Morgan fingerprint density at radius 2 is 1.91 bits per heavy atom. The van der Waals surface area contributed by atoms with Crippen LogP contribution in [0.1, 0.15) is 51.9 Å². The highest BCUT2D eigenvalue weighted by Gasteiger charge is 2.59. The molecule has 4 aliphatic rings. The number of primary amides is 1. The topological polar surface area (TPSA) is 89.6 Å². The lowest BCUT2D eigenvalue weighted by molar-refractivity contribution is -0.175. The third kappa shape index (κ3) is 3.51. The second-order valence-corrected chi connectivity index (χ2v) is 7.20. The van der Waals surface area contributed by atoms with Crippen molar-refractivity contribution < 1.29 is 19.4 Å². The van der Waals surface area contributed by atoms with Crippen LogP contribution in [0.3, 0.4) is 0 Å². The number of ether oxygens (including phenoxy) is 1. The summed E-state index contributed by atoms with van der Waals surface area (Å²) in [6, 6.07) is 0. The van der Waals surface area contributed by atoms with Gasteiger partial charge in [0.05, 0.1) is 17.6 Å². The maximum absolute atomic E-state index is 11.5. The summed E-state index contributed by atoms with van der Waals surface area (Å²) < 4.78 is 4.58. The van der Waals surface area contributed by atoms with E-state index in [0.29, 0.717) is 24.9 Å². The Balaban J connectivity index is 0.000000192. The Morgan fingerprint density at radius 3 is 2.32 bits per heavy atom. The van der Waals surface area contributed by atoms with Gasteiger partial charge in [0, 0.05) is 6.08 Å². The molecule has 3 N–H and O–H groups in total. The summed E-state index contributed by atoms with van der Waals surface area (Å²) in [7, 11) is 0. The lowest BCUT2D eigenvalue weighted by Gasteiger charge is -2.58. The lowest BCUT2D eigenvalue weighted by atomic mass is 9.48. The molecular formula is C17H27NO4. The van der Waals surface area contributed by atoms with Crippen molar-refractivity contribution in [3.63, 3.8) is 0 Å². The smallest absolute Gasteiger partial charge is 0.330 e. The molecule has 0 saturated heterocycles. The highest BCUT2D eigenvalue weighted by atomic mass is 16.5. The maximum atomic E-state index is 11.5. The van der Waals surface area contributed by atoms with Crippen LogP contribution in [-0.2, 0) is 14.3 Å². The molecule has 124 valence electrons. The van der Waals surface area contributed by atoms with Crippen LogP contribution in [0.25, 0.3) is 0 Å². The van der Waals surface area contributed by atoms with Gasteiger partial charge in [0.15, 0.2) is 0 Å². The first-order valence-corrected chi connectivity index (χ1v) is 8.14. The zero-order chi connectivity index (χ0) is 16.4. The minimum absolute atomic E-state index is 0.176. The van der Waals surface area contributed by atoms with Gasteiger partial charge in [0.1, 0.15) is 0 Å². The van der Waals surface area contributed by atoms with Crippen molar-refractivity contribution in [2.75, 3.05) is 6.61 Å². The number of aliphatic hydroxyl groups is 1. The second-order valence-electron chi connectivity index (χ2n) is 7.20. The minimum atomic E-state index is -0.556. The van der Waals surface area contributed by atoms with Gasteiger partial charge in [-0.1, -0.05) is 13.5 Å². The van der Waals surface area contributed by atoms with E-state index in [4.69, 9.17) is 5.73 Å². The third-order valence-electron chi connectivity index (χ3n) is 5.17. The molecule has 5 nitrogen and oxygen atoms in total. The number of hydrogen-bond donors (Lipinski definition) is 2. The first-order valence-electron chi connectivity index (χ1n) is 8.14. The molecule has 4 bridgehead atoms. The van der Waals surface area contributed by atoms with Gasteiger partial charge in [-0.3, -0.25) is 4.79 Å². The summed E-state index contributed by atoms with van der Waals surface area (Å²) in [5.74, 6) is 0.583. The molecular weight excluding hydrogens is 282 g/mol. The summed E-state index contributed by atoms with van der Waals surface area (Å²) in [6.45, 7) is 5.67. The molecule has 4 aliphatic carbocycles. The molecule has 0 aromatic heterocycles. The zero-order valence-electron chi connectivity index (χ0n) is 13.3. The van der Waals surface area contributed by atoms with Crippen LogP contribution in [0, 0.1) is 17.3 Å². The van der Waals surface area contributed by atoms with Crippen molar-refractivity contribution in [1.82, 2.24) is 0 Å². The largest absolute Gasteiger partial charge is 0.463 e. The molecule has 0 spiro atoms. The molecule has 2 unspecified atom stereocenters. The molecule has 2 atom stereocenters. The molecule has 4 rings (SSSR count). The van der Waals surface area contributed by atoms with Crippen LogP contribution < -0.4 is 5.73 Å². The van der Waals surface area contributed by atoms with Gasteiger partial charge >= 0.3 is 5.97 Å². The fraction of sp³-hybridized carbons (Fsp3) is 0.765. The summed E-state index contributed by atoms with van der Waals surface area (Å²) in [6.07, 6.45) is 7.52. The van der Waals surface area contributed by atoms with Crippen molar-refractivity contribution in [3.8, 4) is 0 Å². The molecule has 0 aromatic rings. The van der Waals surface area contributed by atoms with Gasteiger partial charge < -0.3 is 15.6 Å². The minimum Gasteiger partial charge on any atom is -0.463 e. The number of nitrogens with two attached hydrogens (primary N) is 1. The van der Waals surface area contributed by atoms with Gasteiger partial charge in [-0.15, -0.1) is 0 Å². The van der Waals surface area contributed by atoms with Crippen LogP contribution in [0.4, 0.5) is 0 Å². The van der Waals surface area contributed by atoms with E-state index in [1.165, 1.54) is 6.42 Å². The predicted molar refractivity (Wildman–Crippen MR) is 82.7 cm³/mol. The molecule has 22 heavy (non-hydrogen) atoms. The number of rotatable bonds is 4. The summed E-state index contributed by atoms with van der Waals surface area (Å²) in [5.41, 5.74) is 4.60. The van der Waals surface area contributed by atoms with Crippen LogP contribution in [0.2, 0.25) is 0 Å². The molecule has 4 fully saturated rings. The van der Waals surface area contributed by atoms with Gasteiger partial charge in [-0.2, -0.15) is 0 Å². The van der Waals surface area contributed by atoms with Crippen molar-refractivity contribution in [3.05, 3.63) is 12.7 Å². The Hall–Kier alpha value is -1.36. The van der Waals surface area contributed by atoms with Crippen LogP contribution >= 0.6 is 0 Å². The summed E-state index contributed by atoms with van der Waals surface area (Å²) in [4.78, 5) is 21.7. The molecule has 1 amide bonds. The van der Waals surface area contributed by atoms with Crippen LogP contribution in [0.15, 0.2) is 12.7 Å². The van der Waals surface area contributed by atoms with E-state index in [-0.39, 0.29) is 17.3 Å². The summed E-state index contributed by atoms with van der Waals surface area (Å²) in [5, 5.41) is 10.3. The number of amides is 1. The molecule has 0 heterocycles. The van der Waals surface area contributed by atoms with E-state index < -0.39 is 5.60 Å². The number of carbonyl (C=O) groups excluding carboxylic acids is 2. The first kappa shape index (κ1) is 17.0. The molecule has 0 aliphatic heterocycles. The van der Waals surface area contributed by atoms with Gasteiger partial charge in [-0.25, -0.2) is 4.79 Å². The van der Waals surface area contributed by atoms with Gasteiger partial charge in [-0.05, 0) is 56.8 Å². The Morgan fingerprint density at radius 1 is 1.32 bits per heavy atom. The average Bonchev–Trinajstić information content (AvgIpc) is 2.42. The molecule has 5 heteroatoms. The maximum Gasteiger partial charge on any atom is 0.330 e. The van der Waals surface area contributed by atoms with E-state index in [0.717, 1.165) is 38.2 Å². The number of hydrogen-bond acceptors (Lipinski definition) is 4. The van der Waals surface area contributed by atoms with Crippen molar-refractivity contribution in [2.24, 2.45) is 23.0 Å².